The first-order valence-electron chi connectivity index (χ1n) is 12.2. The largest absolute Gasteiger partial charge is 0.485 e. The van der Waals surface area contributed by atoms with E-state index in [4.69, 9.17) is 16.3 Å². The fourth-order valence-electron chi connectivity index (χ4n) is 3.56. The Labute approximate surface area is 238 Å². The standard InChI is InChI=1S/C28H28ClF2N5O5/c1-15(2)9-34-24(36-14-32-11-19(25(36)37)28(5,6)27(39)40)16(3)12-35-17(4)7-22(23(29)26(35)38)41-13-21-20(31)8-18(30)10-33-21/h7-12,14H,13H2,1-6H3,(H,39,40)/b16-12+,34-24?. The van der Waals surface area contributed by atoms with Crippen LogP contribution in [0.3, 0.4) is 0 Å². The average Bonchev–Trinajstić information content (AvgIpc) is 2.89. The van der Waals surface area contributed by atoms with E-state index in [1.165, 1.54) is 49.4 Å². The molecule has 0 fully saturated rings. The van der Waals surface area contributed by atoms with Crippen LogP contribution >= 0.6 is 11.6 Å². The van der Waals surface area contributed by atoms with Crippen molar-refractivity contribution in [2.75, 3.05) is 0 Å². The Balaban J connectivity index is 2.09. The first kappa shape index (κ1) is 31.1. The highest BCUT2D eigenvalue weighted by atomic mass is 35.5. The Morgan fingerprint density at radius 2 is 1.85 bits per heavy atom. The van der Waals surface area contributed by atoms with Crippen LogP contribution in [0.2, 0.25) is 5.02 Å². The van der Waals surface area contributed by atoms with Crippen molar-refractivity contribution in [1.82, 2.24) is 19.1 Å². The lowest BCUT2D eigenvalue weighted by Gasteiger charge is -2.20. The van der Waals surface area contributed by atoms with Crippen molar-refractivity contribution in [2.24, 2.45) is 4.99 Å². The normalized spacial score (nSPS) is 12.3. The number of halogens is 3. The molecule has 0 bridgehead atoms. The molecule has 13 heteroatoms. The van der Waals surface area contributed by atoms with E-state index < -0.39 is 40.7 Å². The molecule has 0 saturated heterocycles. The molecule has 0 aromatic carbocycles. The number of carboxylic acid groups (broad SMARTS) is 1. The molecule has 0 saturated carbocycles. The number of hydrogen-bond acceptors (Lipinski definition) is 7. The lowest BCUT2D eigenvalue weighted by Crippen LogP contribution is -2.39. The summed E-state index contributed by atoms with van der Waals surface area (Å²) in [4.78, 5) is 50.5. The number of carboxylic acids is 1. The van der Waals surface area contributed by atoms with Gasteiger partial charge in [0.1, 0.15) is 41.1 Å². The third-order valence-corrected chi connectivity index (χ3v) is 6.33. The lowest BCUT2D eigenvalue weighted by atomic mass is 9.86. The molecular weight excluding hydrogens is 560 g/mol. The second-order valence-electron chi connectivity index (χ2n) is 9.89. The number of aromatic nitrogens is 4. The predicted molar refractivity (Wildman–Crippen MR) is 150 cm³/mol. The van der Waals surface area contributed by atoms with Gasteiger partial charge in [-0.15, -0.1) is 0 Å². The van der Waals surface area contributed by atoms with E-state index in [-0.39, 0.29) is 27.9 Å². The molecule has 0 unspecified atom stereocenters. The van der Waals surface area contributed by atoms with Gasteiger partial charge in [-0.1, -0.05) is 17.2 Å². The highest BCUT2D eigenvalue weighted by Gasteiger charge is 2.33. The SMILES string of the molecule is CC(C)=CN=C(/C(C)=C/n1c(C)cc(OCc2ncc(F)cc2F)c(Cl)c1=O)n1cncc(C(C)(C)C(=O)O)c1=O. The van der Waals surface area contributed by atoms with Crippen LogP contribution in [0.25, 0.3) is 6.20 Å². The molecule has 3 rings (SSSR count). The fourth-order valence-corrected chi connectivity index (χ4v) is 3.76. The van der Waals surface area contributed by atoms with E-state index in [0.29, 0.717) is 17.3 Å². The van der Waals surface area contributed by atoms with E-state index in [0.717, 1.165) is 16.3 Å². The number of aliphatic carboxylic acids is 1. The highest BCUT2D eigenvalue weighted by Crippen LogP contribution is 2.24. The minimum atomic E-state index is -1.53. The van der Waals surface area contributed by atoms with Crippen molar-refractivity contribution in [3.8, 4) is 5.75 Å². The summed E-state index contributed by atoms with van der Waals surface area (Å²) < 4.78 is 34.9. The molecular formula is C28H28ClF2N5O5. The zero-order valence-corrected chi connectivity index (χ0v) is 24.0. The lowest BCUT2D eigenvalue weighted by molar-refractivity contribution is -0.142. The monoisotopic (exact) mass is 587 g/mol. The van der Waals surface area contributed by atoms with Crippen molar-refractivity contribution >= 4 is 29.6 Å². The Morgan fingerprint density at radius 3 is 2.46 bits per heavy atom. The van der Waals surface area contributed by atoms with Gasteiger partial charge in [0.2, 0.25) is 0 Å². The summed E-state index contributed by atoms with van der Waals surface area (Å²) in [5, 5.41) is 9.33. The molecule has 0 radical (unpaired) electrons. The second-order valence-corrected chi connectivity index (χ2v) is 10.3. The number of ether oxygens (including phenoxy) is 1. The summed E-state index contributed by atoms with van der Waals surface area (Å²) in [5.41, 5.74) is -1.57. The highest BCUT2D eigenvalue weighted by molar-refractivity contribution is 6.31. The number of hydrogen-bond donors (Lipinski definition) is 1. The fraction of sp³-hybridized carbons (Fsp3) is 0.286. The molecule has 41 heavy (non-hydrogen) atoms. The Morgan fingerprint density at radius 1 is 1.17 bits per heavy atom. The smallest absolute Gasteiger partial charge is 0.313 e. The molecule has 10 nitrogen and oxygen atoms in total. The summed E-state index contributed by atoms with van der Waals surface area (Å²) >= 11 is 6.29. The molecule has 0 spiro atoms. The van der Waals surface area contributed by atoms with Crippen LogP contribution in [0.4, 0.5) is 8.78 Å². The van der Waals surface area contributed by atoms with Crippen molar-refractivity contribution in [2.45, 2.75) is 53.6 Å². The molecule has 3 heterocycles. The van der Waals surface area contributed by atoms with Crippen LogP contribution < -0.4 is 15.9 Å². The predicted octanol–water partition coefficient (Wildman–Crippen LogP) is 4.71. The summed E-state index contributed by atoms with van der Waals surface area (Å²) in [7, 11) is 0. The van der Waals surface area contributed by atoms with Gasteiger partial charge >= 0.3 is 5.97 Å². The van der Waals surface area contributed by atoms with Crippen LogP contribution in [0.1, 0.15) is 51.6 Å². The number of aryl methyl sites for hydroxylation is 1. The Kier molecular flexibility index (Phi) is 9.38. The van der Waals surface area contributed by atoms with Crippen molar-refractivity contribution < 1.29 is 23.4 Å². The molecule has 3 aromatic rings. The van der Waals surface area contributed by atoms with Gasteiger partial charge in [-0.05, 0) is 41.5 Å². The summed E-state index contributed by atoms with van der Waals surface area (Å²) in [6, 6.07) is 2.11. The van der Waals surface area contributed by atoms with Gasteiger partial charge in [0, 0.05) is 42.0 Å². The van der Waals surface area contributed by atoms with Crippen LogP contribution in [0.5, 0.6) is 5.75 Å². The first-order chi connectivity index (χ1) is 19.1. The molecule has 0 aliphatic heterocycles. The number of carbonyl (C=O) groups is 1. The third-order valence-electron chi connectivity index (χ3n) is 5.98. The topological polar surface area (TPSA) is 129 Å². The summed E-state index contributed by atoms with van der Waals surface area (Å²) in [6.45, 7) is 9.18. The van der Waals surface area contributed by atoms with Gasteiger partial charge in [0.15, 0.2) is 5.82 Å². The zero-order valence-electron chi connectivity index (χ0n) is 23.2. The second kappa shape index (κ2) is 12.4. The zero-order chi connectivity index (χ0) is 30.6. The van der Waals surface area contributed by atoms with Crippen molar-refractivity contribution in [1.29, 1.82) is 0 Å². The molecule has 0 aliphatic rings. The van der Waals surface area contributed by atoms with Crippen LogP contribution in [-0.4, -0.2) is 36.0 Å². The number of pyridine rings is 2. The molecule has 0 atom stereocenters. The van der Waals surface area contributed by atoms with Gasteiger partial charge in [-0.25, -0.2) is 18.8 Å². The Bertz CT molecular complexity index is 1720. The maximum absolute atomic E-state index is 13.9. The molecule has 1 N–H and O–H groups in total. The van der Waals surface area contributed by atoms with E-state index in [1.54, 1.807) is 27.7 Å². The number of aliphatic imine (C=N–C) groups is 1. The summed E-state index contributed by atoms with van der Waals surface area (Å²) in [5.74, 6) is -2.90. The number of allylic oxidation sites excluding steroid dienone is 2. The van der Waals surface area contributed by atoms with Crippen LogP contribution in [-0.2, 0) is 16.8 Å². The molecule has 216 valence electrons. The van der Waals surface area contributed by atoms with E-state index in [9.17, 15) is 28.3 Å². The first-order valence-corrected chi connectivity index (χ1v) is 12.6. The molecule has 0 aliphatic carbocycles. The van der Waals surface area contributed by atoms with E-state index in [1.807, 2.05) is 0 Å². The minimum Gasteiger partial charge on any atom is -0.485 e. The molecule has 0 amide bonds. The third kappa shape index (κ3) is 6.83. The minimum absolute atomic E-state index is 0.0375. The number of rotatable bonds is 8. The van der Waals surface area contributed by atoms with Crippen molar-refractivity contribution in [3.05, 3.63) is 103 Å². The Hall–Kier alpha value is -4.45. The van der Waals surface area contributed by atoms with E-state index in [2.05, 4.69) is 15.0 Å². The van der Waals surface area contributed by atoms with Gasteiger partial charge in [0.25, 0.3) is 11.1 Å². The maximum Gasteiger partial charge on any atom is 0.313 e. The van der Waals surface area contributed by atoms with Crippen LogP contribution in [0.15, 0.2) is 62.8 Å². The quantitative estimate of drug-likeness (QED) is 0.298. The summed E-state index contributed by atoms with van der Waals surface area (Å²) in [6.07, 6.45) is 6.17. The van der Waals surface area contributed by atoms with Gasteiger partial charge in [0.05, 0.1) is 17.2 Å². The van der Waals surface area contributed by atoms with Crippen LogP contribution in [0, 0.1) is 18.6 Å². The number of nitrogens with zero attached hydrogens (tertiary/aromatic N) is 5. The maximum atomic E-state index is 13.9. The molecule has 3 aromatic heterocycles. The van der Waals surface area contributed by atoms with Gasteiger partial charge < -0.3 is 9.84 Å². The van der Waals surface area contributed by atoms with Gasteiger partial charge in [-0.2, -0.15) is 0 Å². The van der Waals surface area contributed by atoms with Crippen molar-refractivity contribution in [3.63, 3.8) is 0 Å². The average molecular weight is 588 g/mol. The van der Waals surface area contributed by atoms with E-state index >= 15 is 0 Å². The van der Waals surface area contributed by atoms with Gasteiger partial charge in [-0.3, -0.25) is 28.5 Å².